The first kappa shape index (κ1) is 47.7. The number of carboxylic acids is 1. The van der Waals surface area contributed by atoms with Gasteiger partial charge in [-0.3, -0.25) is 24.6 Å². The molecule has 0 aromatic heterocycles. The zero-order valence-electron chi connectivity index (χ0n) is 29.4. The van der Waals surface area contributed by atoms with Gasteiger partial charge in [0, 0.05) is 32.3 Å². The Balaban J connectivity index is 0.000000431. The summed E-state index contributed by atoms with van der Waals surface area (Å²) < 4.78 is 48.0. The van der Waals surface area contributed by atoms with Gasteiger partial charge in [0.2, 0.25) is 5.91 Å². The molecule has 3 aromatic carbocycles. The lowest BCUT2D eigenvalue weighted by Crippen LogP contribution is -2.35. The third-order valence-electron chi connectivity index (χ3n) is 6.99. The summed E-state index contributed by atoms with van der Waals surface area (Å²) in [7, 11) is 1.58. The Bertz CT molecular complexity index is 1750. The summed E-state index contributed by atoms with van der Waals surface area (Å²) in [5.74, 6) is -2.32. The molecular weight excluding hydrogens is 801 g/mol. The highest BCUT2D eigenvalue weighted by molar-refractivity contribution is 6.53. The van der Waals surface area contributed by atoms with Crippen molar-refractivity contribution in [3.05, 3.63) is 117 Å². The van der Waals surface area contributed by atoms with Gasteiger partial charge in [0.15, 0.2) is 4.84 Å². The second-order valence-electron chi connectivity index (χ2n) is 10.6. The number of carbonyl (C=O) groups excluding carboxylic acids is 2. The molecule has 0 atom stereocenters. The van der Waals surface area contributed by atoms with Crippen LogP contribution in [0.1, 0.15) is 40.9 Å². The van der Waals surface area contributed by atoms with E-state index in [0.29, 0.717) is 19.2 Å². The van der Waals surface area contributed by atoms with Crippen LogP contribution in [0.25, 0.3) is 0 Å². The Kier molecular flexibility index (Phi) is 20.7. The number of rotatable bonds is 15. The molecule has 0 saturated heterocycles. The van der Waals surface area contributed by atoms with Crippen molar-refractivity contribution in [3.8, 4) is 11.5 Å². The van der Waals surface area contributed by atoms with Crippen LogP contribution < -0.4 is 9.64 Å². The molecule has 3 rings (SSSR count). The van der Waals surface area contributed by atoms with Gasteiger partial charge in [-0.25, -0.2) is 4.79 Å². The van der Waals surface area contributed by atoms with Gasteiger partial charge in [-0.2, -0.15) is 13.2 Å². The number of hydrogen-bond acceptors (Lipinski definition) is 7. The number of anilines is 1. The van der Waals surface area contributed by atoms with Crippen molar-refractivity contribution in [3.63, 3.8) is 0 Å². The first-order chi connectivity index (χ1) is 25.4. The molecule has 2 amide bonds. The topological polar surface area (TPSA) is 140 Å². The van der Waals surface area contributed by atoms with E-state index in [2.05, 4.69) is 27.0 Å². The third-order valence-corrected chi connectivity index (χ3v) is 7.89. The molecule has 0 spiro atoms. The number of nitro benzene ring substituents is 1. The fraction of sp³-hybridized carbons (Fsp3) is 0.306. The maximum atomic E-state index is 12.6. The number of hydrogen-bond donors (Lipinski definition) is 1. The first-order valence-electron chi connectivity index (χ1n) is 15.7. The highest BCUT2D eigenvalue weighted by atomic mass is 35.5. The number of nitro groups is 1. The maximum absolute atomic E-state index is 12.6. The second kappa shape index (κ2) is 23.4. The van der Waals surface area contributed by atoms with E-state index < -0.39 is 38.7 Å². The van der Waals surface area contributed by atoms with Gasteiger partial charge in [-0.1, -0.05) is 79.0 Å². The van der Waals surface area contributed by atoms with E-state index in [-0.39, 0.29) is 40.9 Å². The summed E-state index contributed by atoms with van der Waals surface area (Å²) in [6.45, 7) is 12.3. The van der Waals surface area contributed by atoms with Gasteiger partial charge >= 0.3 is 12.1 Å². The van der Waals surface area contributed by atoms with Gasteiger partial charge in [0.1, 0.15) is 29.7 Å². The number of carboxylic acid groups (broad SMARTS) is 1. The quantitative estimate of drug-likeness (QED) is 0.0525. The average Bonchev–Trinajstić information content (AvgIpc) is 3.13. The van der Waals surface area contributed by atoms with Crippen molar-refractivity contribution in [2.75, 3.05) is 37.7 Å². The maximum Gasteiger partial charge on any atom is 0.416 e. The standard InChI is InChI=1S/C14H7ClF3NO5.C14H20ClNO2.C8H11Cl2NO/c15-10-5-7(14(16,17)18)1-4-12(10)24-8-2-3-11(19(22)23)9(6-8)13(20)21;1-4-11-7-6-8-12(5-2)14(11)16(10-18-3)13(17)9-15;1-3-5-11(6-4-2)8(12)7(9)10/h1-6H,(H,20,21);6-8H,4-5,9-10H2,1-3H3;3-4,7H,1-2,5-6H2. The van der Waals surface area contributed by atoms with Crippen molar-refractivity contribution in [1.29, 1.82) is 0 Å². The molecule has 0 aliphatic heterocycles. The normalized spacial score (nSPS) is 10.6. The lowest BCUT2D eigenvalue weighted by Gasteiger charge is -2.26. The summed E-state index contributed by atoms with van der Waals surface area (Å²) in [6, 6.07) is 11.4. The Labute approximate surface area is 330 Å². The number of ether oxygens (including phenoxy) is 2. The molecule has 0 bridgehead atoms. The lowest BCUT2D eigenvalue weighted by atomic mass is 10.0. The number of alkyl halides is 6. The predicted octanol–water partition coefficient (Wildman–Crippen LogP) is 9.74. The van der Waals surface area contributed by atoms with Crippen molar-refractivity contribution in [2.45, 2.75) is 37.7 Å². The molecule has 18 heteroatoms. The lowest BCUT2D eigenvalue weighted by molar-refractivity contribution is -0.385. The van der Waals surface area contributed by atoms with Crippen molar-refractivity contribution in [1.82, 2.24) is 4.90 Å². The van der Waals surface area contributed by atoms with Gasteiger partial charge in [0.05, 0.1) is 21.2 Å². The van der Waals surface area contributed by atoms with E-state index in [0.717, 1.165) is 60.0 Å². The highest BCUT2D eigenvalue weighted by Crippen LogP contribution is 2.37. The van der Waals surface area contributed by atoms with E-state index in [1.54, 1.807) is 24.2 Å². The van der Waals surface area contributed by atoms with Gasteiger partial charge in [-0.05, 0) is 48.2 Å². The minimum absolute atomic E-state index is 0.0371. The SMILES string of the molecule is C=CCN(CC=C)C(=O)C(Cl)Cl.CCc1cccc(CC)c1N(COC)C(=O)CCl.O=C(O)c1cc(Oc2ccc(C(F)(F)F)cc2Cl)ccc1[N+](=O)[O-]. The molecule has 0 unspecified atom stereocenters. The van der Waals surface area contributed by atoms with Crippen LogP contribution in [0.2, 0.25) is 5.02 Å². The van der Waals surface area contributed by atoms with Crippen LogP contribution in [0.15, 0.2) is 79.9 Å². The van der Waals surface area contributed by atoms with Crippen molar-refractivity contribution in [2.24, 2.45) is 0 Å². The van der Waals surface area contributed by atoms with E-state index >= 15 is 0 Å². The number of para-hydroxylation sites is 1. The molecule has 0 fully saturated rings. The van der Waals surface area contributed by atoms with Crippen molar-refractivity contribution >= 4 is 75.6 Å². The first-order valence-corrected chi connectivity index (χ1v) is 17.5. The molecule has 1 N–H and O–H groups in total. The molecule has 0 saturated carbocycles. The van der Waals surface area contributed by atoms with Gasteiger partial charge in [0.25, 0.3) is 11.6 Å². The number of nitrogens with zero attached hydrogens (tertiary/aromatic N) is 3. The van der Waals surface area contributed by atoms with Crippen LogP contribution in [0.3, 0.4) is 0 Å². The minimum atomic E-state index is -4.58. The zero-order valence-corrected chi connectivity index (χ0v) is 32.4. The number of amides is 2. The largest absolute Gasteiger partial charge is 0.477 e. The minimum Gasteiger partial charge on any atom is -0.477 e. The number of aryl methyl sites for hydroxylation is 2. The number of carbonyl (C=O) groups is 3. The van der Waals surface area contributed by atoms with Crippen molar-refractivity contribution < 1.29 is 47.1 Å². The average molecular weight is 840 g/mol. The Hall–Kier alpha value is -4.34. The van der Waals surface area contributed by atoms with E-state index in [9.17, 15) is 37.7 Å². The molecule has 3 aromatic rings. The Morgan fingerprint density at radius 3 is 1.98 bits per heavy atom. The monoisotopic (exact) mass is 837 g/mol. The van der Waals surface area contributed by atoms with Crippen LogP contribution in [-0.2, 0) is 33.3 Å². The molecule has 0 aliphatic carbocycles. The summed E-state index contributed by atoms with van der Waals surface area (Å²) >= 11 is 22.2. The highest BCUT2D eigenvalue weighted by Gasteiger charge is 2.31. The van der Waals surface area contributed by atoms with Crippen LogP contribution in [0, 0.1) is 10.1 Å². The molecular formula is C36H38Cl4F3N3O8. The van der Waals surface area contributed by atoms with E-state index in [4.69, 9.17) is 61.0 Å². The molecule has 0 aliphatic rings. The number of benzene rings is 3. The Morgan fingerprint density at radius 2 is 1.57 bits per heavy atom. The number of methoxy groups -OCH3 is 1. The number of halogens is 7. The third kappa shape index (κ3) is 14.5. The van der Waals surface area contributed by atoms with Crippen LogP contribution in [0.4, 0.5) is 24.5 Å². The molecule has 11 nitrogen and oxygen atoms in total. The Morgan fingerprint density at radius 1 is 1.00 bits per heavy atom. The van der Waals surface area contributed by atoms with Crippen LogP contribution >= 0.6 is 46.4 Å². The van der Waals surface area contributed by atoms with Crippen LogP contribution in [-0.4, -0.2) is 70.4 Å². The van der Waals surface area contributed by atoms with E-state index in [1.807, 2.05) is 18.2 Å². The fourth-order valence-corrected chi connectivity index (χ4v) is 5.16. The predicted molar refractivity (Wildman–Crippen MR) is 204 cm³/mol. The summed E-state index contributed by atoms with van der Waals surface area (Å²) in [6.07, 6.45) is 0.388. The van der Waals surface area contributed by atoms with Gasteiger partial charge in [-0.15, -0.1) is 24.8 Å². The fourth-order valence-electron chi connectivity index (χ4n) is 4.52. The molecule has 54 heavy (non-hydrogen) atoms. The molecule has 0 heterocycles. The zero-order chi connectivity index (χ0) is 41.2. The van der Waals surface area contributed by atoms with Gasteiger partial charge < -0.3 is 19.5 Å². The smallest absolute Gasteiger partial charge is 0.416 e. The second-order valence-corrected chi connectivity index (χ2v) is 12.4. The van der Waals surface area contributed by atoms with E-state index in [1.165, 1.54) is 4.90 Å². The summed E-state index contributed by atoms with van der Waals surface area (Å²) in [4.78, 5) is 46.1. The summed E-state index contributed by atoms with van der Waals surface area (Å²) in [5.41, 5.74) is 0.994. The molecule has 0 radical (unpaired) electrons. The van der Waals surface area contributed by atoms with Crippen LogP contribution in [0.5, 0.6) is 11.5 Å². The molecule has 294 valence electrons. The number of aromatic carboxylic acids is 1. The summed E-state index contributed by atoms with van der Waals surface area (Å²) in [5, 5.41) is 19.4.